The molecule has 0 spiro atoms. The number of halogens is 3. The zero-order valence-electron chi connectivity index (χ0n) is 18.2. The molecule has 1 amide bonds. The number of carbonyl (C=O) groups excluding carboxylic acids is 1. The molecule has 1 aliphatic rings. The zero-order valence-corrected chi connectivity index (χ0v) is 20.5. The molecule has 4 aromatic rings. The standard InChI is InChI=1S/C26H18Cl3NO4/c1-13-9-21-17(11-19(13)28)24(31)22-23(15-5-8-18(27)20(29)10-15)30(26(32)25(22)34-21)12-14-3-6-16(33-2)7-4-14/h3-11,23H,12H2,1-2H3. The van der Waals surface area contributed by atoms with Crippen molar-refractivity contribution in [2.75, 3.05) is 7.11 Å². The third-order valence-electron chi connectivity index (χ3n) is 6.02. The summed E-state index contributed by atoms with van der Waals surface area (Å²) in [6.07, 6.45) is 0. The van der Waals surface area contributed by atoms with Gasteiger partial charge in [-0.3, -0.25) is 9.59 Å². The normalized spacial score (nSPS) is 15.1. The van der Waals surface area contributed by atoms with E-state index in [9.17, 15) is 9.59 Å². The van der Waals surface area contributed by atoms with Crippen LogP contribution in [0.1, 0.15) is 38.9 Å². The summed E-state index contributed by atoms with van der Waals surface area (Å²) in [6.45, 7) is 2.05. The van der Waals surface area contributed by atoms with Crippen molar-refractivity contribution >= 4 is 51.7 Å². The van der Waals surface area contributed by atoms with E-state index in [-0.39, 0.29) is 29.2 Å². The van der Waals surface area contributed by atoms with Gasteiger partial charge in [-0.1, -0.05) is 53.0 Å². The predicted octanol–water partition coefficient (Wildman–Crippen LogP) is 6.82. The summed E-state index contributed by atoms with van der Waals surface area (Å²) in [5, 5.41) is 1.47. The summed E-state index contributed by atoms with van der Waals surface area (Å²) < 4.78 is 11.2. The predicted molar refractivity (Wildman–Crippen MR) is 133 cm³/mol. The van der Waals surface area contributed by atoms with Gasteiger partial charge in [-0.2, -0.15) is 0 Å². The molecule has 3 aromatic carbocycles. The molecule has 5 nitrogen and oxygen atoms in total. The summed E-state index contributed by atoms with van der Waals surface area (Å²) in [5.41, 5.74) is 2.53. The number of aryl methyl sites for hydroxylation is 1. The number of hydrogen-bond acceptors (Lipinski definition) is 4. The molecule has 0 saturated carbocycles. The van der Waals surface area contributed by atoms with E-state index in [2.05, 4.69) is 0 Å². The first kappa shape index (κ1) is 22.8. The van der Waals surface area contributed by atoms with Crippen molar-refractivity contribution in [3.05, 3.63) is 108 Å². The van der Waals surface area contributed by atoms with E-state index < -0.39 is 6.04 Å². The molecule has 1 atom stereocenters. The monoisotopic (exact) mass is 513 g/mol. The van der Waals surface area contributed by atoms with Crippen LogP contribution in [-0.4, -0.2) is 17.9 Å². The van der Waals surface area contributed by atoms with Crippen LogP contribution in [-0.2, 0) is 6.54 Å². The summed E-state index contributed by atoms with van der Waals surface area (Å²) in [5.74, 6) is 0.341. The quantitative estimate of drug-likeness (QED) is 0.300. The molecule has 34 heavy (non-hydrogen) atoms. The minimum Gasteiger partial charge on any atom is -0.497 e. The summed E-state index contributed by atoms with van der Waals surface area (Å²) in [4.78, 5) is 28.9. The summed E-state index contributed by atoms with van der Waals surface area (Å²) in [7, 11) is 1.59. The molecular formula is C26H18Cl3NO4. The minimum atomic E-state index is -0.708. The van der Waals surface area contributed by atoms with Crippen molar-refractivity contribution in [2.24, 2.45) is 0 Å². The van der Waals surface area contributed by atoms with Crippen LogP contribution in [0.25, 0.3) is 11.0 Å². The lowest BCUT2D eigenvalue weighted by molar-refractivity contribution is 0.0714. The number of rotatable bonds is 4. The number of methoxy groups -OCH3 is 1. The third kappa shape index (κ3) is 3.74. The number of amides is 1. The van der Waals surface area contributed by atoms with Crippen LogP contribution in [0.5, 0.6) is 5.75 Å². The fourth-order valence-electron chi connectivity index (χ4n) is 4.26. The van der Waals surface area contributed by atoms with Crippen molar-refractivity contribution in [1.29, 1.82) is 0 Å². The molecule has 2 heterocycles. The van der Waals surface area contributed by atoms with E-state index in [0.717, 1.165) is 11.1 Å². The van der Waals surface area contributed by atoms with Crippen molar-refractivity contribution < 1.29 is 13.9 Å². The Kier molecular flexibility index (Phi) is 5.80. The van der Waals surface area contributed by atoms with E-state index in [1.807, 2.05) is 31.2 Å². The van der Waals surface area contributed by atoms with Gasteiger partial charge in [0.1, 0.15) is 11.3 Å². The van der Waals surface area contributed by atoms with Crippen LogP contribution < -0.4 is 10.2 Å². The Bertz CT molecular complexity index is 1510. The van der Waals surface area contributed by atoms with Crippen molar-refractivity contribution in [3.63, 3.8) is 0 Å². The van der Waals surface area contributed by atoms with Crippen LogP contribution in [0.4, 0.5) is 0 Å². The summed E-state index contributed by atoms with van der Waals surface area (Å²) >= 11 is 18.7. The van der Waals surface area contributed by atoms with Gasteiger partial charge in [0.2, 0.25) is 5.76 Å². The van der Waals surface area contributed by atoms with Crippen LogP contribution >= 0.6 is 34.8 Å². The van der Waals surface area contributed by atoms with E-state index in [1.54, 1.807) is 42.3 Å². The van der Waals surface area contributed by atoms with Crippen LogP contribution in [0.15, 0.2) is 63.8 Å². The highest BCUT2D eigenvalue weighted by molar-refractivity contribution is 6.42. The minimum absolute atomic E-state index is 0.0174. The molecule has 1 aliphatic heterocycles. The molecule has 0 saturated heterocycles. The van der Waals surface area contributed by atoms with E-state index in [0.29, 0.717) is 37.4 Å². The van der Waals surface area contributed by atoms with Crippen LogP contribution in [0.2, 0.25) is 15.1 Å². The number of hydrogen-bond donors (Lipinski definition) is 0. The molecule has 5 rings (SSSR count). The van der Waals surface area contributed by atoms with Gasteiger partial charge in [-0.25, -0.2) is 0 Å². The van der Waals surface area contributed by atoms with Crippen LogP contribution in [0, 0.1) is 6.92 Å². The average molecular weight is 515 g/mol. The Hall–Kier alpha value is -2.99. The lowest BCUT2D eigenvalue weighted by atomic mass is 9.98. The SMILES string of the molecule is COc1ccc(CN2C(=O)c3oc4cc(C)c(Cl)cc4c(=O)c3C2c2ccc(Cl)c(Cl)c2)cc1. The van der Waals surface area contributed by atoms with Gasteiger partial charge in [0.05, 0.1) is 34.1 Å². The van der Waals surface area contributed by atoms with Gasteiger partial charge in [-0.05, 0) is 60.0 Å². The van der Waals surface area contributed by atoms with Gasteiger partial charge < -0.3 is 14.1 Å². The first-order valence-electron chi connectivity index (χ1n) is 10.4. The molecular weight excluding hydrogens is 497 g/mol. The second-order valence-corrected chi connectivity index (χ2v) is 9.35. The van der Waals surface area contributed by atoms with Crippen LogP contribution in [0.3, 0.4) is 0 Å². The Morgan fingerprint density at radius 2 is 1.68 bits per heavy atom. The Morgan fingerprint density at radius 1 is 0.941 bits per heavy atom. The number of benzene rings is 3. The van der Waals surface area contributed by atoms with Crippen molar-refractivity contribution in [2.45, 2.75) is 19.5 Å². The number of carbonyl (C=O) groups is 1. The van der Waals surface area contributed by atoms with Gasteiger partial charge in [0.15, 0.2) is 5.43 Å². The highest BCUT2D eigenvalue weighted by Crippen LogP contribution is 2.41. The third-order valence-corrected chi connectivity index (χ3v) is 7.16. The van der Waals surface area contributed by atoms with Gasteiger partial charge in [-0.15, -0.1) is 0 Å². The maximum Gasteiger partial charge on any atom is 0.291 e. The zero-order chi connectivity index (χ0) is 24.1. The number of ether oxygens (including phenoxy) is 1. The maximum atomic E-state index is 13.7. The molecule has 0 N–H and O–H groups in total. The maximum absolute atomic E-state index is 13.7. The molecule has 1 unspecified atom stereocenters. The Morgan fingerprint density at radius 3 is 2.35 bits per heavy atom. The first-order valence-corrected chi connectivity index (χ1v) is 11.6. The fraction of sp³-hybridized carbons (Fsp3) is 0.154. The molecule has 172 valence electrons. The molecule has 0 radical (unpaired) electrons. The average Bonchev–Trinajstić information content (AvgIpc) is 3.09. The van der Waals surface area contributed by atoms with E-state index in [1.165, 1.54) is 0 Å². The molecule has 8 heteroatoms. The molecule has 0 bridgehead atoms. The molecule has 0 fully saturated rings. The fourth-order valence-corrected chi connectivity index (χ4v) is 4.73. The van der Waals surface area contributed by atoms with Gasteiger partial charge >= 0.3 is 0 Å². The molecule has 0 aliphatic carbocycles. The van der Waals surface area contributed by atoms with E-state index in [4.69, 9.17) is 44.0 Å². The first-order chi connectivity index (χ1) is 16.3. The number of fused-ring (bicyclic) bond motifs is 2. The second kappa shape index (κ2) is 8.66. The van der Waals surface area contributed by atoms with Crippen molar-refractivity contribution in [3.8, 4) is 5.75 Å². The van der Waals surface area contributed by atoms with Crippen molar-refractivity contribution in [1.82, 2.24) is 4.90 Å². The lowest BCUT2D eigenvalue weighted by Gasteiger charge is -2.25. The summed E-state index contributed by atoms with van der Waals surface area (Å²) in [6, 6.07) is 15.0. The second-order valence-electron chi connectivity index (χ2n) is 8.13. The number of nitrogens with zero attached hydrogens (tertiary/aromatic N) is 1. The Balaban J connectivity index is 1.71. The van der Waals surface area contributed by atoms with Gasteiger partial charge in [0.25, 0.3) is 5.91 Å². The highest BCUT2D eigenvalue weighted by atomic mass is 35.5. The van der Waals surface area contributed by atoms with E-state index >= 15 is 0 Å². The van der Waals surface area contributed by atoms with Gasteiger partial charge in [0, 0.05) is 11.6 Å². The topological polar surface area (TPSA) is 59.8 Å². The smallest absolute Gasteiger partial charge is 0.291 e. The highest BCUT2D eigenvalue weighted by Gasteiger charge is 2.43. The largest absolute Gasteiger partial charge is 0.497 e. The Labute approximate surface area is 210 Å². The lowest BCUT2D eigenvalue weighted by Crippen LogP contribution is -2.29. The molecule has 1 aromatic heterocycles.